The van der Waals surface area contributed by atoms with Gasteiger partial charge in [0.15, 0.2) is 9.84 Å². The maximum Gasteiger partial charge on any atom is 0.239 e. The fourth-order valence-electron chi connectivity index (χ4n) is 1.92. The maximum absolute atomic E-state index is 12.8. The summed E-state index contributed by atoms with van der Waals surface area (Å²) in [7, 11) is -3.79. The Morgan fingerprint density at radius 3 is 2.18 bits per heavy atom. The highest BCUT2D eigenvalue weighted by molar-refractivity contribution is 7.92. The Morgan fingerprint density at radius 1 is 1.05 bits per heavy atom. The van der Waals surface area contributed by atoms with E-state index in [0.717, 1.165) is 36.2 Å². The van der Waals surface area contributed by atoms with Crippen LogP contribution in [0.4, 0.5) is 10.1 Å². The average molecular weight is 321 g/mol. The van der Waals surface area contributed by atoms with Crippen LogP contribution in [-0.2, 0) is 21.1 Å². The quantitative estimate of drug-likeness (QED) is 0.861. The molecule has 1 amide bonds. The highest BCUT2D eigenvalue weighted by Gasteiger charge is 2.19. The Hall–Kier alpha value is -2.21. The van der Waals surface area contributed by atoms with E-state index in [-0.39, 0.29) is 4.90 Å². The van der Waals surface area contributed by atoms with Crippen molar-refractivity contribution in [2.75, 3.05) is 11.1 Å². The normalized spacial score (nSPS) is 11.2. The van der Waals surface area contributed by atoms with Gasteiger partial charge in [-0.15, -0.1) is 0 Å². The second-order valence-corrected chi connectivity index (χ2v) is 6.80. The van der Waals surface area contributed by atoms with Crippen molar-refractivity contribution in [1.82, 2.24) is 0 Å². The van der Waals surface area contributed by atoms with E-state index in [0.29, 0.717) is 5.69 Å². The van der Waals surface area contributed by atoms with E-state index < -0.39 is 27.3 Å². The van der Waals surface area contributed by atoms with Crippen molar-refractivity contribution in [3.05, 3.63) is 59.9 Å². The molecule has 0 fully saturated rings. The minimum absolute atomic E-state index is 0.0784. The number of aryl methyl sites for hydroxylation is 1. The monoisotopic (exact) mass is 321 g/mol. The van der Waals surface area contributed by atoms with E-state index in [1.54, 1.807) is 12.1 Å². The molecule has 116 valence electrons. The van der Waals surface area contributed by atoms with Crippen molar-refractivity contribution in [2.45, 2.75) is 18.2 Å². The van der Waals surface area contributed by atoms with Crippen LogP contribution in [0.5, 0.6) is 0 Å². The summed E-state index contributed by atoms with van der Waals surface area (Å²) in [6.45, 7) is 2.02. The number of benzene rings is 2. The number of hydrogen-bond donors (Lipinski definition) is 1. The first-order chi connectivity index (χ1) is 10.4. The summed E-state index contributed by atoms with van der Waals surface area (Å²) in [5.41, 5.74) is 1.66. The number of rotatable bonds is 5. The Kier molecular flexibility index (Phi) is 4.92. The molecular weight excluding hydrogens is 305 g/mol. The molecule has 4 nitrogen and oxygen atoms in total. The molecule has 2 rings (SSSR count). The summed E-state index contributed by atoms with van der Waals surface area (Å²) in [6.07, 6.45) is 0.882. The summed E-state index contributed by atoms with van der Waals surface area (Å²) in [5.74, 6) is -1.85. The molecule has 0 bridgehead atoms. The van der Waals surface area contributed by atoms with Crippen LogP contribution in [-0.4, -0.2) is 20.1 Å². The van der Waals surface area contributed by atoms with Crippen LogP contribution >= 0.6 is 0 Å². The van der Waals surface area contributed by atoms with Gasteiger partial charge in [0.1, 0.15) is 11.6 Å². The third-order valence-corrected chi connectivity index (χ3v) is 4.77. The number of carbonyl (C=O) groups excluding carboxylic acids is 1. The Balaban J connectivity index is 2.05. The molecule has 0 aliphatic rings. The summed E-state index contributed by atoms with van der Waals surface area (Å²) < 4.78 is 36.9. The van der Waals surface area contributed by atoms with E-state index >= 15 is 0 Å². The van der Waals surface area contributed by atoms with Crippen molar-refractivity contribution < 1.29 is 17.6 Å². The fourth-order valence-corrected chi connectivity index (χ4v) is 3.05. The van der Waals surface area contributed by atoms with Crippen LogP contribution in [0, 0.1) is 5.82 Å². The number of halogens is 1. The van der Waals surface area contributed by atoms with Gasteiger partial charge < -0.3 is 5.32 Å². The molecule has 2 aromatic carbocycles. The van der Waals surface area contributed by atoms with Crippen molar-refractivity contribution in [2.24, 2.45) is 0 Å². The number of anilines is 1. The van der Waals surface area contributed by atoms with Crippen LogP contribution in [0.2, 0.25) is 0 Å². The largest absolute Gasteiger partial charge is 0.325 e. The van der Waals surface area contributed by atoms with Crippen LogP contribution in [0.3, 0.4) is 0 Å². The molecule has 0 atom stereocenters. The van der Waals surface area contributed by atoms with Crippen molar-refractivity contribution in [3.63, 3.8) is 0 Å². The third kappa shape index (κ3) is 4.14. The van der Waals surface area contributed by atoms with Gasteiger partial charge in [-0.1, -0.05) is 19.1 Å². The lowest BCUT2D eigenvalue weighted by Crippen LogP contribution is -2.23. The lowest BCUT2D eigenvalue weighted by molar-refractivity contribution is -0.113. The first-order valence-electron chi connectivity index (χ1n) is 6.78. The van der Waals surface area contributed by atoms with Gasteiger partial charge in [0, 0.05) is 5.69 Å². The zero-order valence-corrected chi connectivity index (χ0v) is 12.9. The zero-order chi connectivity index (χ0) is 16.2. The van der Waals surface area contributed by atoms with Gasteiger partial charge in [0.05, 0.1) is 4.90 Å². The van der Waals surface area contributed by atoms with Crippen LogP contribution in [0.15, 0.2) is 53.4 Å². The minimum atomic E-state index is -3.79. The van der Waals surface area contributed by atoms with Gasteiger partial charge in [0.25, 0.3) is 0 Å². The standard InChI is InChI=1S/C16H16FNO3S/c1-2-12-3-7-14(8-4-12)18-16(19)11-22(20,21)15-9-5-13(17)6-10-15/h3-10H,2,11H2,1H3,(H,18,19). The van der Waals surface area contributed by atoms with Crippen LogP contribution < -0.4 is 5.32 Å². The fraction of sp³-hybridized carbons (Fsp3) is 0.188. The number of nitrogens with one attached hydrogen (secondary N) is 1. The van der Waals surface area contributed by atoms with Crippen molar-refractivity contribution in [1.29, 1.82) is 0 Å². The molecule has 0 unspecified atom stereocenters. The number of carbonyl (C=O) groups is 1. The third-order valence-electron chi connectivity index (χ3n) is 3.14. The van der Waals surface area contributed by atoms with Crippen molar-refractivity contribution in [3.8, 4) is 0 Å². The highest BCUT2D eigenvalue weighted by Crippen LogP contribution is 2.14. The summed E-state index contributed by atoms with van der Waals surface area (Å²) in [6, 6.07) is 11.6. The topological polar surface area (TPSA) is 63.2 Å². The molecule has 2 aromatic rings. The Labute approximate surface area is 128 Å². The number of sulfone groups is 1. The predicted molar refractivity (Wildman–Crippen MR) is 82.9 cm³/mol. The van der Waals surface area contributed by atoms with Crippen LogP contribution in [0.25, 0.3) is 0 Å². The molecule has 0 saturated heterocycles. The second-order valence-electron chi connectivity index (χ2n) is 4.81. The average Bonchev–Trinajstić information content (AvgIpc) is 2.48. The SMILES string of the molecule is CCc1ccc(NC(=O)CS(=O)(=O)c2ccc(F)cc2)cc1. The molecule has 0 radical (unpaired) electrons. The molecule has 1 N–H and O–H groups in total. The lowest BCUT2D eigenvalue weighted by atomic mass is 10.1. The molecule has 0 saturated carbocycles. The predicted octanol–water partition coefficient (Wildman–Crippen LogP) is 2.80. The number of hydrogen-bond acceptors (Lipinski definition) is 3. The molecule has 0 spiro atoms. The van der Waals surface area contributed by atoms with Crippen LogP contribution in [0.1, 0.15) is 12.5 Å². The first-order valence-corrected chi connectivity index (χ1v) is 8.43. The van der Waals surface area contributed by atoms with Crippen molar-refractivity contribution >= 4 is 21.4 Å². The molecule has 22 heavy (non-hydrogen) atoms. The summed E-state index contributed by atoms with van der Waals surface area (Å²) >= 11 is 0. The summed E-state index contributed by atoms with van der Waals surface area (Å²) in [4.78, 5) is 11.8. The van der Waals surface area contributed by atoms with Gasteiger partial charge in [-0.05, 0) is 48.4 Å². The molecule has 0 aromatic heterocycles. The van der Waals surface area contributed by atoms with Gasteiger partial charge in [-0.3, -0.25) is 4.79 Å². The summed E-state index contributed by atoms with van der Waals surface area (Å²) in [5, 5.41) is 2.54. The van der Waals surface area contributed by atoms with E-state index in [1.165, 1.54) is 0 Å². The lowest BCUT2D eigenvalue weighted by Gasteiger charge is -2.07. The highest BCUT2D eigenvalue weighted by atomic mass is 32.2. The zero-order valence-electron chi connectivity index (χ0n) is 12.0. The van der Waals surface area contributed by atoms with Gasteiger partial charge in [-0.25, -0.2) is 12.8 Å². The minimum Gasteiger partial charge on any atom is -0.325 e. The molecule has 0 aliphatic heterocycles. The van der Waals surface area contributed by atoms with Gasteiger partial charge in [-0.2, -0.15) is 0 Å². The van der Waals surface area contributed by atoms with E-state index in [9.17, 15) is 17.6 Å². The smallest absolute Gasteiger partial charge is 0.239 e. The van der Waals surface area contributed by atoms with E-state index in [4.69, 9.17) is 0 Å². The Morgan fingerprint density at radius 2 is 1.64 bits per heavy atom. The molecule has 6 heteroatoms. The van der Waals surface area contributed by atoms with E-state index in [1.807, 2.05) is 19.1 Å². The molecule has 0 aliphatic carbocycles. The first kappa shape index (κ1) is 16.2. The van der Waals surface area contributed by atoms with Gasteiger partial charge in [0.2, 0.25) is 5.91 Å². The molecule has 0 heterocycles. The maximum atomic E-state index is 12.8. The number of amides is 1. The Bertz CT molecular complexity index is 753. The van der Waals surface area contributed by atoms with Gasteiger partial charge >= 0.3 is 0 Å². The second kappa shape index (κ2) is 6.70. The molecular formula is C16H16FNO3S. The van der Waals surface area contributed by atoms with E-state index in [2.05, 4.69) is 5.32 Å².